The van der Waals surface area contributed by atoms with Crippen molar-refractivity contribution in [3.63, 3.8) is 0 Å². The quantitative estimate of drug-likeness (QED) is 0.840. The molecule has 0 aliphatic heterocycles. The van der Waals surface area contributed by atoms with E-state index in [4.69, 9.17) is 16.3 Å². The number of hydrogen-bond acceptors (Lipinski definition) is 3. The predicted octanol–water partition coefficient (Wildman–Crippen LogP) is 2.43. The van der Waals surface area contributed by atoms with E-state index < -0.39 is 0 Å². The Bertz CT molecular complexity index is 523. The van der Waals surface area contributed by atoms with Gasteiger partial charge in [0.1, 0.15) is 12.1 Å². The standard InChI is InChI=1S/C12H11ClN2O2/c1-17-11-3-2-9(6-10(11)13)7-12(16)15-5-4-14-8-15/h2-6,8H,7H2,1H3. The first-order valence-electron chi connectivity index (χ1n) is 5.04. The van der Waals surface area contributed by atoms with E-state index in [-0.39, 0.29) is 12.3 Å². The lowest BCUT2D eigenvalue weighted by atomic mass is 10.1. The third-order valence-corrected chi connectivity index (χ3v) is 2.66. The van der Waals surface area contributed by atoms with Gasteiger partial charge >= 0.3 is 0 Å². The minimum absolute atomic E-state index is 0.0521. The van der Waals surface area contributed by atoms with Gasteiger partial charge in [0.15, 0.2) is 0 Å². The van der Waals surface area contributed by atoms with Crippen LogP contribution in [-0.2, 0) is 6.42 Å². The third-order valence-electron chi connectivity index (χ3n) is 2.36. The number of carbonyl (C=O) groups is 1. The summed E-state index contributed by atoms with van der Waals surface area (Å²) in [6, 6.07) is 5.30. The van der Waals surface area contributed by atoms with Crippen LogP contribution in [0.15, 0.2) is 36.9 Å². The molecule has 17 heavy (non-hydrogen) atoms. The highest BCUT2D eigenvalue weighted by Crippen LogP contribution is 2.25. The summed E-state index contributed by atoms with van der Waals surface area (Å²) in [6.07, 6.45) is 4.94. The van der Waals surface area contributed by atoms with Crippen LogP contribution in [-0.4, -0.2) is 22.6 Å². The van der Waals surface area contributed by atoms with E-state index in [0.29, 0.717) is 10.8 Å². The van der Waals surface area contributed by atoms with Crippen LogP contribution in [0.1, 0.15) is 10.4 Å². The van der Waals surface area contributed by atoms with Crippen molar-refractivity contribution in [3.8, 4) is 5.75 Å². The number of rotatable bonds is 3. The zero-order chi connectivity index (χ0) is 12.3. The molecule has 0 saturated carbocycles. The highest BCUT2D eigenvalue weighted by molar-refractivity contribution is 6.32. The molecule has 1 heterocycles. The lowest BCUT2D eigenvalue weighted by Gasteiger charge is -2.05. The Morgan fingerprint density at radius 3 is 2.94 bits per heavy atom. The van der Waals surface area contributed by atoms with Crippen LogP contribution in [0.4, 0.5) is 0 Å². The second kappa shape index (κ2) is 5.01. The fraction of sp³-hybridized carbons (Fsp3) is 0.167. The molecule has 0 unspecified atom stereocenters. The number of nitrogens with zero attached hydrogens (tertiary/aromatic N) is 2. The van der Waals surface area contributed by atoms with Crippen LogP contribution in [0.3, 0.4) is 0 Å². The van der Waals surface area contributed by atoms with E-state index in [1.807, 2.05) is 6.07 Å². The van der Waals surface area contributed by atoms with Crippen molar-refractivity contribution in [1.29, 1.82) is 0 Å². The normalized spacial score (nSPS) is 10.2. The molecule has 0 spiro atoms. The maximum atomic E-state index is 11.8. The smallest absolute Gasteiger partial charge is 0.236 e. The number of benzene rings is 1. The summed E-state index contributed by atoms with van der Waals surface area (Å²) >= 11 is 5.98. The third kappa shape index (κ3) is 2.65. The van der Waals surface area contributed by atoms with Gasteiger partial charge in [0, 0.05) is 12.4 Å². The second-order valence-corrected chi connectivity index (χ2v) is 3.92. The van der Waals surface area contributed by atoms with Gasteiger partial charge in [0.25, 0.3) is 0 Å². The molecule has 0 aliphatic rings. The Balaban J connectivity index is 2.14. The molecule has 0 atom stereocenters. The number of imidazole rings is 1. The summed E-state index contributed by atoms with van der Waals surface area (Å²) in [5.74, 6) is 0.550. The van der Waals surface area contributed by atoms with Gasteiger partial charge in [-0.1, -0.05) is 17.7 Å². The Kier molecular flexibility index (Phi) is 3.44. The summed E-state index contributed by atoms with van der Waals surface area (Å²) in [5, 5.41) is 0.503. The van der Waals surface area contributed by atoms with Crippen LogP contribution >= 0.6 is 11.6 Å². The molecule has 2 rings (SSSR count). The number of aromatic nitrogens is 2. The van der Waals surface area contributed by atoms with Crippen molar-refractivity contribution in [2.24, 2.45) is 0 Å². The van der Waals surface area contributed by atoms with Crippen molar-refractivity contribution in [2.75, 3.05) is 7.11 Å². The predicted molar refractivity (Wildman–Crippen MR) is 64.6 cm³/mol. The first kappa shape index (κ1) is 11.7. The molecule has 0 amide bonds. The topological polar surface area (TPSA) is 44.1 Å². The first-order valence-corrected chi connectivity index (χ1v) is 5.42. The highest BCUT2D eigenvalue weighted by Gasteiger charge is 2.07. The molecule has 0 radical (unpaired) electrons. The largest absolute Gasteiger partial charge is 0.495 e. The van der Waals surface area contributed by atoms with E-state index in [1.54, 1.807) is 31.6 Å². The van der Waals surface area contributed by atoms with Crippen molar-refractivity contribution in [2.45, 2.75) is 6.42 Å². The fourth-order valence-corrected chi connectivity index (χ4v) is 1.77. The summed E-state index contributed by atoms with van der Waals surface area (Å²) < 4.78 is 6.49. The zero-order valence-electron chi connectivity index (χ0n) is 9.26. The SMILES string of the molecule is COc1ccc(CC(=O)n2ccnc2)cc1Cl. The average molecular weight is 251 g/mol. The van der Waals surface area contributed by atoms with E-state index in [1.165, 1.54) is 10.9 Å². The van der Waals surface area contributed by atoms with Gasteiger partial charge in [-0.15, -0.1) is 0 Å². The van der Waals surface area contributed by atoms with Crippen molar-refractivity contribution >= 4 is 17.5 Å². The first-order chi connectivity index (χ1) is 8.20. The number of methoxy groups -OCH3 is 1. The molecule has 0 aliphatic carbocycles. The number of hydrogen-bond donors (Lipinski definition) is 0. The van der Waals surface area contributed by atoms with Gasteiger partial charge < -0.3 is 4.74 Å². The van der Waals surface area contributed by atoms with Crippen LogP contribution in [0.5, 0.6) is 5.75 Å². The average Bonchev–Trinajstić information content (AvgIpc) is 2.82. The molecule has 1 aromatic carbocycles. The molecular formula is C12H11ClN2O2. The summed E-state index contributed by atoms with van der Waals surface area (Å²) in [7, 11) is 1.55. The van der Waals surface area contributed by atoms with Gasteiger partial charge in [0.2, 0.25) is 5.91 Å². The fourth-order valence-electron chi connectivity index (χ4n) is 1.49. The number of carbonyl (C=O) groups excluding carboxylic acids is 1. The van der Waals surface area contributed by atoms with Crippen LogP contribution in [0.2, 0.25) is 5.02 Å². The molecule has 88 valence electrons. The molecular weight excluding hydrogens is 240 g/mol. The van der Waals surface area contributed by atoms with Crippen LogP contribution < -0.4 is 4.74 Å². The number of halogens is 1. The van der Waals surface area contributed by atoms with Crippen LogP contribution in [0, 0.1) is 0 Å². The molecule has 0 bridgehead atoms. The van der Waals surface area contributed by atoms with Gasteiger partial charge in [0.05, 0.1) is 18.6 Å². The minimum Gasteiger partial charge on any atom is -0.495 e. The van der Waals surface area contributed by atoms with Gasteiger partial charge in [-0.2, -0.15) is 0 Å². The Hall–Kier alpha value is -1.81. The van der Waals surface area contributed by atoms with Crippen molar-refractivity contribution in [1.82, 2.24) is 9.55 Å². The lowest BCUT2D eigenvalue weighted by molar-refractivity contribution is 0.0914. The molecule has 1 aromatic heterocycles. The molecule has 4 nitrogen and oxygen atoms in total. The minimum atomic E-state index is -0.0521. The molecule has 0 fully saturated rings. The Morgan fingerprint density at radius 2 is 2.35 bits per heavy atom. The van der Waals surface area contributed by atoms with Crippen molar-refractivity contribution < 1.29 is 9.53 Å². The second-order valence-electron chi connectivity index (χ2n) is 3.51. The Labute approximate surface area is 104 Å². The number of ether oxygens (including phenoxy) is 1. The molecule has 0 saturated heterocycles. The molecule has 0 N–H and O–H groups in total. The summed E-state index contributed by atoms with van der Waals surface area (Å²) in [5.41, 5.74) is 0.842. The van der Waals surface area contributed by atoms with E-state index in [2.05, 4.69) is 4.98 Å². The van der Waals surface area contributed by atoms with Gasteiger partial charge in [-0.3, -0.25) is 9.36 Å². The maximum Gasteiger partial charge on any atom is 0.236 e. The summed E-state index contributed by atoms with van der Waals surface area (Å²) in [6.45, 7) is 0. The van der Waals surface area contributed by atoms with E-state index in [9.17, 15) is 4.79 Å². The Morgan fingerprint density at radius 1 is 1.53 bits per heavy atom. The van der Waals surface area contributed by atoms with E-state index in [0.717, 1.165) is 5.56 Å². The molecule has 2 aromatic rings. The van der Waals surface area contributed by atoms with Gasteiger partial charge in [-0.05, 0) is 17.7 Å². The van der Waals surface area contributed by atoms with Crippen LogP contribution in [0.25, 0.3) is 0 Å². The monoisotopic (exact) mass is 250 g/mol. The maximum absolute atomic E-state index is 11.8. The zero-order valence-corrected chi connectivity index (χ0v) is 10.0. The lowest BCUT2D eigenvalue weighted by Crippen LogP contribution is -2.11. The summed E-state index contributed by atoms with van der Waals surface area (Å²) in [4.78, 5) is 15.6. The highest BCUT2D eigenvalue weighted by atomic mass is 35.5. The van der Waals surface area contributed by atoms with Gasteiger partial charge in [-0.25, -0.2) is 4.98 Å². The van der Waals surface area contributed by atoms with Crippen molar-refractivity contribution in [3.05, 3.63) is 47.5 Å². The van der Waals surface area contributed by atoms with E-state index >= 15 is 0 Å². The molecule has 5 heteroatoms.